The van der Waals surface area contributed by atoms with Crippen molar-refractivity contribution in [3.8, 4) is 0 Å². The Labute approximate surface area is 79.4 Å². The van der Waals surface area contributed by atoms with E-state index in [0.717, 1.165) is 18.7 Å². The van der Waals surface area contributed by atoms with Crippen LogP contribution in [0.2, 0.25) is 0 Å². The van der Waals surface area contributed by atoms with Crippen molar-refractivity contribution in [1.82, 2.24) is 9.55 Å². The quantitative estimate of drug-likeness (QED) is 0.773. The van der Waals surface area contributed by atoms with E-state index in [2.05, 4.69) is 18.8 Å². The smallest absolute Gasteiger partial charge is 0.0958 e. The van der Waals surface area contributed by atoms with Crippen LogP contribution < -0.4 is 0 Å². The number of aliphatic hydroxyl groups excluding tert-OH is 1. The lowest BCUT2D eigenvalue weighted by atomic mass is 10.0. The summed E-state index contributed by atoms with van der Waals surface area (Å²) in [6.45, 7) is 7.13. The number of hydrogen-bond acceptors (Lipinski definition) is 2. The van der Waals surface area contributed by atoms with Gasteiger partial charge in [-0.2, -0.15) is 0 Å². The zero-order chi connectivity index (χ0) is 9.84. The topological polar surface area (TPSA) is 38.0 Å². The number of aromatic nitrogens is 2. The molecule has 0 radical (unpaired) electrons. The number of hydrogen-bond donors (Lipinski definition) is 1. The van der Waals surface area contributed by atoms with Crippen molar-refractivity contribution >= 4 is 0 Å². The highest BCUT2D eigenvalue weighted by Gasteiger charge is 2.13. The first kappa shape index (κ1) is 10.3. The first-order valence-corrected chi connectivity index (χ1v) is 4.83. The maximum Gasteiger partial charge on any atom is 0.0958 e. The monoisotopic (exact) mass is 182 g/mol. The summed E-state index contributed by atoms with van der Waals surface area (Å²) in [5.41, 5.74) is 0.927. The summed E-state index contributed by atoms with van der Waals surface area (Å²) < 4.78 is 1.98. The Morgan fingerprint density at radius 1 is 1.54 bits per heavy atom. The second kappa shape index (κ2) is 4.42. The third-order valence-electron chi connectivity index (χ3n) is 2.12. The third-order valence-corrected chi connectivity index (χ3v) is 2.12. The molecular formula is C10H18N2O. The lowest BCUT2D eigenvalue weighted by Gasteiger charge is -2.14. The molecule has 0 aliphatic carbocycles. The molecule has 1 aromatic rings. The van der Waals surface area contributed by atoms with Crippen molar-refractivity contribution in [2.45, 2.75) is 39.8 Å². The Bertz CT molecular complexity index is 255. The number of imidazole rings is 1. The summed E-state index contributed by atoms with van der Waals surface area (Å²) >= 11 is 0. The van der Waals surface area contributed by atoms with Crippen molar-refractivity contribution in [2.24, 2.45) is 5.92 Å². The standard InChI is InChI=1S/C10H18N2O/c1-4-12-7-11-6-9(12)10(13)5-8(2)3/h6-8,10,13H,4-5H2,1-3H3. The summed E-state index contributed by atoms with van der Waals surface area (Å²) in [4.78, 5) is 4.02. The van der Waals surface area contributed by atoms with Crippen molar-refractivity contribution < 1.29 is 5.11 Å². The van der Waals surface area contributed by atoms with E-state index in [1.54, 1.807) is 12.5 Å². The van der Waals surface area contributed by atoms with Gasteiger partial charge in [0.2, 0.25) is 0 Å². The second-order valence-electron chi connectivity index (χ2n) is 3.75. The zero-order valence-electron chi connectivity index (χ0n) is 8.57. The molecule has 1 heterocycles. The minimum absolute atomic E-state index is 0.373. The second-order valence-corrected chi connectivity index (χ2v) is 3.75. The van der Waals surface area contributed by atoms with E-state index in [1.807, 2.05) is 11.5 Å². The van der Waals surface area contributed by atoms with Crippen molar-refractivity contribution in [3.05, 3.63) is 18.2 Å². The van der Waals surface area contributed by atoms with Crippen molar-refractivity contribution in [2.75, 3.05) is 0 Å². The van der Waals surface area contributed by atoms with Gasteiger partial charge in [0.1, 0.15) is 0 Å². The van der Waals surface area contributed by atoms with Gasteiger partial charge in [0.25, 0.3) is 0 Å². The highest BCUT2D eigenvalue weighted by Crippen LogP contribution is 2.20. The van der Waals surface area contributed by atoms with Crippen LogP contribution in [0.5, 0.6) is 0 Å². The molecule has 3 nitrogen and oxygen atoms in total. The predicted molar refractivity (Wildman–Crippen MR) is 52.3 cm³/mol. The molecular weight excluding hydrogens is 164 g/mol. The van der Waals surface area contributed by atoms with Crippen LogP contribution in [0.25, 0.3) is 0 Å². The zero-order valence-corrected chi connectivity index (χ0v) is 8.57. The normalized spacial score (nSPS) is 13.6. The Kier molecular flexibility index (Phi) is 3.48. The molecule has 1 atom stereocenters. The molecule has 0 aromatic carbocycles. The molecule has 13 heavy (non-hydrogen) atoms. The molecule has 3 heteroatoms. The van der Waals surface area contributed by atoms with Crippen LogP contribution >= 0.6 is 0 Å². The number of aliphatic hydroxyl groups is 1. The maximum atomic E-state index is 9.83. The largest absolute Gasteiger partial charge is 0.387 e. The molecule has 74 valence electrons. The number of nitrogens with zero attached hydrogens (tertiary/aromatic N) is 2. The van der Waals surface area contributed by atoms with Crippen LogP contribution in [0.4, 0.5) is 0 Å². The average Bonchev–Trinajstić information content (AvgIpc) is 2.49. The molecule has 0 aliphatic heterocycles. The SMILES string of the molecule is CCn1cncc1C(O)CC(C)C. The summed E-state index contributed by atoms with van der Waals surface area (Å²) in [6, 6.07) is 0. The molecule has 1 unspecified atom stereocenters. The molecule has 1 rings (SSSR count). The average molecular weight is 182 g/mol. The van der Waals surface area contributed by atoms with E-state index < -0.39 is 0 Å². The Morgan fingerprint density at radius 3 is 2.77 bits per heavy atom. The van der Waals surface area contributed by atoms with E-state index >= 15 is 0 Å². The van der Waals surface area contributed by atoms with Gasteiger partial charge in [-0.15, -0.1) is 0 Å². The van der Waals surface area contributed by atoms with Crippen LogP contribution in [-0.2, 0) is 6.54 Å². The first-order chi connectivity index (χ1) is 6.15. The summed E-state index contributed by atoms with van der Waals surface area (Å²) in [7, 11) is 0. The highest BCUT2D eigenvalue weighted by molar-refractivity contribution is 5.02. The number of aryl methyl sites for hydroxylation is 1. The summed E-state index contributed by atoms with van der Waals surface area (Å²) in [5, 5.41) is 9.83. The Hall–Kier alpha value is -0.830. The van der Waals surface area contributed by atoms with Crippen LogP contribution in [0.15, 0.2) is 12.5 Å². The van der Waals surface area contributed by atoms with E-state index in [9.17, 15) is 5.11 Å². The van der Waals surface area contributed by atoms with Gasteiger partial charge in [0.05, 0.1) is 24.3 Å². The Morgan fingerprint density at radius 2 is 2.23 bits per heavy atom. The molecule has 0 amide bonds. The Balaban J connectivity index is 2.69. The van der Waals surface area contributed by atoms with Gasteiger partial charge in [-0.3, -0.25) is 0 Å². The van der Waals surface area contributed by atoms with Gasteiger partial charge in [-0.1, -0.05) is 13.8 Å². The summed E-state index contributed by atoms with van der Waals surface area (Å²) in [6.07, 6.45) is 3.93. The fourth-order valence-corrected chi connectivity index (χ4v) is 1.44. The lowest BCUT2D eigenvalue weighted by Crippen LogP contribution is -2.08. The molecule has 0 bridgehead atoms. The van der Waals surface area contributed by atoms with Gasteiger partial charge in [0, 0.05) is 6.54 Å². The number of rotatable bonds is 4. The molecule has 0 aliphatic rings. The fourth-order valence-electron chi connectivity index (χ4n) is 1.44. The van der Waals surface area contributed by atoms with E-state index in [1.165, 1.54) is 0 Å². The van der Waals surface area contributed by atoms with Gasteiger partial charge in [-0.05, 0) is 19.3 Å². The van der Waals surface area contributed by atoms with Gasteiger partial charge in [-0.25, -0.2) is 4.98 Å². The van der Waals surface area contributed by atoms with Gasteiger partial charge >= 0.3 is 0 Å². The van der Waals surface area contributed by atoms with Crippen molar-refractivity contribution in [3.63, 3.8) is 0 Å². The fraction of sp³-hybridized carbons (Fsp3) is 0.700. The molecule has 0 fully saturated rings. The predicted octanol–water partition coefficient (Wildman–Crippen LogP) is 1.98. The first-order valence-electron chi connectivity index (χ1n) is 4.83. The molecule has 1 aromatic heterocycles. The van der Waals surface area contributed by atoms with E-state index in [4.69, 9.17) is 0 Å². The van der Waals surface area contributed by atoms with Crippen LogP contribution in [0.3, 0.4) is 0 Å². The van der Waals surface area contributed by atoms with Gasteiger partial charge < -0.3 is 9.67 Å². The lowest BCUT2D eigenvalue weighted by molar-refractivity contribution is 0.142. The molecule has 0 saturated carbocycles. The van der Waals surface area contributed by atoms with Crippen LogP contribution in [-0.4, -0.2) is 14.7 Å². The van der Waals surface area contributed by atoms with Crippen LogP contribution in [0.1, 0.15) is 39.0 Å². The summed E-state index contributed by atoms with van der Waals surface area (Å²) in [5.74, 6) is 0.509. The van der Waals surface area contributed by atoms with Crippen molar-refractivity contribution in [1.29, 1.82) is 0 Å². The molecule has 0 spiro atoms. The minimum Gasteiger partial charge on any atom is -0.387 e. The molecule has 0 saturated heterocycles. The van der Waals surface area contributed by atoms with E-state index in [-0.39, 0.29) is 6.10 Å². The highest BCUT2D eigenvalue weighted by atomic mass is 16.3. The molecule has 1 N–H and O–H groups in total. The third kappa shape index (κ3) is 2.56. The van der Waals surface area contributed by atoms with Crippen LogP contribution in [0, 0.1) is 5.92 Å². The minimum atomic E-state index is -0.373. The van der Waals surface area contributed by atoms with E-state index in [0.29, 0.717) is 5.92 Å². The van der Waals surface area contributed by atoms with Gasteiger partial charge in [0.15, 0.2) is 0 Å². The maximum absolute atomic E-state index is 9.83.